The number of ether oxygens (including phenoxy) is 2. The van der Waals surface area contributed by atoms with Gasteiger partial charge in [-0.05, 0) is 37.1 Å². The van der Waals surface area contributed by atoms with E-state index in [1.807, 2.05) is 62.4 Å². The highest BCUT2D eigenvalue weighted by molar-refractivity contribution is 6.03. The van der Waals surface area contributed by atoms with Gasteiger partial charge in [0.1, 0.15) is 11.5 Å². The molecule has 4 nitrogen and oxygen atoms in total. The summed E-state index contributed by atoms with van der Waals surface area (Å²) >= 11 is 0. The van der Waals surface area contributed by atoms with Gasteiger partial charge in [-0.3, -0.25) is 0 Å². The van der Waals surface area contributed by atoms with Crippen LogP contribution in [-0.4, -0.2) is 11.9 Å². The molecular formula is C22H20O4. The minimum absolute atomic E-state index is 0.240. The predicted molar refractivity (Wildman–Crippen MR) is 100 cm³/mol. The molecule has 0 saturated heterocycles. The van der Waals surface area contributed by atoms with Crippen LogP contribution >= 0.6 is 0 Å². The molecule has 2 heterocycles. The zero-order valence-electron chi connectivity index (χ0n) is 14.8. The average Bonchev–Trinajstić information content (AvgIpc) is 3.15. The number of allylic oxidation sites excluding steroid dienone is 2. The van der Waals surface area contributed by atoms with Crippen LogP contribution in [0.4, 0.5) is 0 Å². The van der Waals surface area contributed by atoms with Gasteiger partial charge in [0.2, 0.25) is 0 Å². The van der Waals surface area contributed by atoms with Crippen molar-refractivity contribution >= 4 is 23.5 Å². The Hall–Kier alpha value is -3.14. The molecule has 2 aliphatic heterocycles. The highest BCUT2D eigenvalue weighted by Crippen LogP contribution is 2.30. The molecule has 0 atom stereocenters. The first-order valence-electron chi connectivity index (χ1n) is 8.69. The third-order valence-electron chi connectivity index (χ3n) is 4.01. The number of hydrogen-bond acceptors (Lipinski definition) is 4. The first-order chi connectivity index (χ1) is 12.7. The third-order valence-corrected chi connectivity index (χ3v) is 4.01. The number of hydrogen-bond donors (Lipinski definition) is 0. The number of fused-ring (bicyclic) bond motifs is 2. The van der Waals surface area contributed by atoms with Crippen molar-refractivity contribution < 1.29 is 19.1 Å². The molecule has 0 aliphatic carbocycles. The first kappa shape index (κ1) is 17.7. The summed E-state index contributed by atoms with van der Waals surface area (Å²) in [5.41, 5.74) is 3.16. The lowest BCUT2D eigenvalue weighted by Gasteiger charge is -1.95. The van der Waals surface area contributed by atoms with Gasteiger partial charge in [-0.15, -0.1) is 0 Å². The zero-order chi connectivity index (χ0) is 18.5. The van der Waals surface area contributed by atoms with E-state index in [0.29, 0.717) is 22.6 Å². The number of benzene rings is 2. The second-order valence-corrected chi connectivity index (χ2v) is 5.82. The molecule has 0 unspecified atom stereocenters. The minimum atomic E-state index is -0.240. The Bertz CT molecular complexity index is 830. The van der Waals surface area contributed by atoms with Gasteiger partial charge >= 0.3 is 11.9 Å². The summed E-state index contributed by atoms with van der Waals surface area (Å²) < 4.78 is 10.2. The van der Waals surface area contributed by atoms with Crippen LogP contribution in [0, 0.1) is 0 Å². The second-order valence-electron chi connectivity index (χ2n) is 5.82. The smallest absolute Gasteiger partial charge is 0.344 e. The number of esters is 2. The van der Waals surface area contributed by atoms with E-state index in [-0.39, 0.29) is 11.9 Å². The average molecular weight is 348 g/mol. The Morgan fingerprint density at radius 2 is 1.00 bits per heavy atom. The monoisotopic (exact) mass is 348 g/mol. The Morgan fingerprint density at radius 1 is 0.654 bits per heavy atom. The van der Waals surface area contributed by atoms with Crippen LogP contribution in [0.15, 0.2) is 60.7 Å². The summed E-state index contributed by atoms with van der Waals surface area (Å²) in [5, 5.41) is 0. The van der Waals surface area contributed by atoms with Crippen LogP contribution in [0.2, 0.25) is 0 Å². The molecule has 4 heteroatoms. The van der Waals surface area contributed by atoms with Crippen LogP contribution < -0.4 is 0 Å². The second kappa shape index (κ2) is 7.83. The highest BCUT2D eigenvalue weighted by Gasteiger charge is 2.25. The van der Waals surface area contributed by atoms with E-state index >= 15 is 0 Å². The van der Waals surface area contributed by atoms with E-state index in [4.69, 9.17) is 9.47 Å². The fraction of sp³-hybridized carbons (Fsp3) is 0.182. The molecule has 0 spiro atoms. The highest BCUT2D eigenvalue weighted by atomic mass is 16.5. The van der Waals surface area contributed by atoms with Crippen LogP contribution in [0.3, 0.4) is 0 Å². The predicted octanol–water partition coefficient (Wildman–Crippen LogP) is 5.22. The lowest BCUT2D eigenvalue weighted by molar-refractivity contribution is 0.0705. The van der Waals surface area contributed by atoms with Crippen molar-refractivity contribution in [3.63, 3.8) is 0 Å². The molecule has 0 bridgehead atoms. The molecular weight excluding hydrogens is 328 g/mol. The van der Waals surface area contributed by atoms with Crippen molar-refractivity contribution in [2.45, 2.75) is 26.7 Å². The van der Waals surface area contributed by atoms with Gasteiger partial charge < -0.3 is 9.47 Å². The Morgan fingerprint density at radius 3 is 1.35 bits per heavy atom. The minimum Gasteiger partial charge on any atom is -0.423 e. The SMILES string of the molecule is CCC=C1OC(=O)c2ccccc21.CCC=C1OC(=O)c2ccccc21. The standard InChI is InChI=1S/2C11H10O2/c2*1-2-5-10-8-6-3-4-7-9(8)11(12)13-10/h2*3-7H,2H2,1H3. The Balaban J connectivity index is 0.000000151. The van der Waals surface area contributed by atoms with Gasteiger partial charge in [0.25, 0.3) is 0 Å². The third kappa shape index (κ3) is 3.45. The molecule has 4 rings (SSSR count). The van der Waals surface area contributed by atoms with Crippen molar-refractivity contribution in [2.24, 2.45) is 0 Å². The molecule has 132 valence electrons. The molecule has 0 amide bonds. The van der Waals surface area contributed by atoms with E-state index in [1.54, 1.807) is 12.1 Å². The van der Waals surface area contributed by atoms with Gasteiger partial charge in [0.05, 0.1) is 11.1 Å². The summed E-state index contributed by atoms with van der Waals surface area (Å²) in [5.74, 6) is 0.914. The normalized spacial score (nSPS) is 17.3. The summed E-state index contributed by atoms with van der Waals surface area (Å²) in [6, 6.07) is 14.9. The van der Waals surface area contributed by atoms with Crippen molar-refractivity contribution in [1.29, 1.82) is 0 Å². The maximum atomic E-state index is 11.3. The molecule has 2 aliphatic rings. The molecule has 0 fully saturated rings. The zero-order valence-corrected chi connectivity index (χ0v) is 14.8. The fourth-order valence-corrected chi connectivity index (χ4v) is 2.85. The van der Waals surface area contributed by atoms with Gasteiger partial charge in [-0.2, -0.15) is 0 Å². The van der Waals surface area contributed by atoms with Gasteiger partial charge in [-0.1, -0.05) is 50.2 Å². The van der Waals surface area contributed by atoms with Crippen LogP contribution in [0.25, 0.3) is 11.5 Å². The first-order valence-corrected chi connectivity index (χ1v) is 8.69. The maximum Gasteiger partial charge on any atom is 0.344 e. The van der Waals surface area contributed by atoms with Crippen molar-refractivity contribution in [3.05, 3.63) is 82.9 Å². The topological polar surface area (TPSA) is 52.6 Å². The van der Waals surface area contributed by atoms with Gasteiger partial charge in [-0.25, -0.2) is 9.59 Å². The molecule has 2 aromatic rings. The molecule has 0 radical (unpaired) electrons. The van der Waals surface area contributed by atoms with E-state index < -0.39 is 0 Å². The van der Waals surface area contributed by atoms with Crippen molar-refractivity contribution in [3.8, 4) is 0 Å². The van der Waals surface area contributed by atoms with E-state index in [0.717, 1.165) is 24.0 Å². The summed E-state index contributed by atoms with van der Waals surface area (Å²) in [6.45, 7) is 4.03. The molecule has 2 aromatic carbocycles. The summed E-state index contributed by atoms with van der Waals surface area (Å²) in [7, 11) is 0. The van der Waals surface area contributed by atoms with Crippen molar-refractivity contribution in [2.75, 3.05) is 0 Å². The van der Waals surface area contributed by atoms with Gasteiger partial charge in [0, 0.05) is 11.1 Å². The van der Waals surface area contributed by atoms with E-state index in [1.165, 1.54) is 0 Å². The van der Waals surface area contributed by atoms with Crippen molar-refractivity contribution in [1.82, 2.24) is 0 Å². The fourth-order valence-electron chi connectivity index (χ4n) is 2.85. The van der Waals surface area contributed by atoms with E-state index in [9.17, 15) is 9.59 Å². The Kier molecular flexibility index (Phi) is 5.32. The maximum absolute atomic E-state index is 11.3. The lowest BCUT2D eigenvalue weighted by Crippen LogP contribution is -1.92. The number of rotatable bonds is 2. The van der Waals surface area contributed by atoms with E-state index in [2.05, 4.69) is 0 Å². The summed E-state index contributed by atoms with van der Waals surface area (Å²) in [6.07, 6.45) is 5.58. The molecule has 0 aromatic heterocycles. The molecule has 0 N–H and O–H groups in total. The van der Waals surface area contributed by atoms with Gasteiger partial charge in [0.15, 0.2) is 0 Å². The number of carbonyl (C=O) groups is 2. The van der Waals surface area contributed by atoms with Crippen LogP contribution in [0.5, 0.6) is 0 Å². The number of carbonyl (C=O) groups excluding carboxylic acids is 2. The molecule has 26 heavy (non-hydrogen) atoms. The number of cyclic esters (lactones) is 2. The largest absolute Gasteiger partial charge is 0.423 e. The lowest BCUT2D eigenvalue weighted by atomic mass is 10.1. The quantitative estimate of drug-likeness (QED) is 0.699. The summed E-state index contributed by atoms with van der Waals surface area (Å²) in [4.78, 5) is 22.6. The van der Waals surface area contributed by atoms with Crippen LogP contribution in [0.1, 0.15) is 58.5 Å². The van der Waals surface area contributed by atoms with Crippen LogP contribution in [-0.2, 0) is 9.47 Å². The molecule has 0 saturated carbocycles. The Labute approximate surface area is 152 Å².